The highest BCUT2D eigenvalue weighted by atomic mass is 16.2. The molecule has 2 aromatic rings. The van der Waals surface area contributed by atoms with E-state index in [0.717, 1.165) is 16.7 Å². The zero-order valence-electron chi connectivity index (χ0n) is 17.2. The lowest BCUT2D eigenvalue weighted by Gasteiger charge is -2.19. The molecule has 5 nitrogen and oxygen atoms in total. The van der Waals surface area contributed by atoms with Crippen LogP contribution in [0.5, 0.6) is 0 Å². The summed E-state index contributed by atoms with van der Waals surface area (Å²) in [5, 5.41) is 0. The molecule has 0 radical (unpaired) electrons. The highest BCUT2D eigenvalue weighted by Gasteiger charge is 2.15. The van der Waals surface area contributed by atoms with E-state index in [4.69, 9.17) is 0 Å². The van der Waals surface area contributed by atoms with Gasteiger partial charge in [0.25, 0.3) is 5.91 Å². The molecule has 0 aliphatic carbocycles. The van der Waals surface area contributed by atoms with Gasteiger partial charge in [-0.15, -0.1) is 0 Å². The van der Waals surface area contributed by atoms with E-state index in [0.29, 0.717) is 11.1 Å². The van der Waals surface area contributed by atoms with Crippen LogP contribution in [0.15, 0.2) is 42.5 Å². The van der Waals surface area contributed by atoms with Gasteiger partial charge in [0.15, 0.2) is 5.78 Å². The van der Waals surface area contributed by atoms with Crippen LogP contribution in [0.2, 0.25) is 0 Å². The van der Waals surface area contributed by atoms with Crippen molar-refractivity contribution in [2.24, 2.45) is 0 Å². The van der Waals surface area contributed by atoms with Gasteiger partial charge >= 0.3 is 0 Å². The largest absolute Gasteiger partial charge is 0.294 e. The topological polar surface area (TPSA) is 75.3 Å². The quantitative estimate of drug-likeness (QED) is 0.607. The zero-order chi connectivity index (χ0) is 20.9. The lowest BCUT2D eigenvalue weighted by atomic mass is 9.87. The number of benzene rings is 2. The molecule has 2 rings (SSSR count). The minimum absolute atomic E-state index is 0.00570. The van der Waals surface area contributed by atoms with Crippen LogP contribution >= 0.6 is 0 Å². The number of carbonyl (C=O) groups excluding carboxylic acids is 3. The maximum atomic E-state index is 12.2. The molecule has 148 valence electrons. The first-order valence-corrected chi connectivity index (χ1v) is 9.38. The fraction of sp³-hybridized carbons (Fsp3) is 0.348. The van der Waals surface area contributed by atoms with Gasteiger partial charge in [-0.1, -0.05) is 45.0 Å². The molecular formula is C23H28N2O3. The highest BCUT2D eigenvalue weighted by Crippen LogP contribution is 2.22. The second kappa shape index (κ2) is 8.83. The monoisotopic (exact) mass is 380 g/mol. The molecule has 5 heteroatoms. The molecule has 2 aromatic carbocycles. The van der Waals surface area contributed by atoms with E-state index in [2.05, 4.69) is 31.6 Å². The van der Waals surface area contributed by atoms with Gasteiger partial charge in [-0.2, -0.15) is 0 Å². The first-order chi connectivity index (χ1) is 13.1. The molecule has 28 heavy (non-hydrogen) atoms. The van der Waals surface area contributed by atoms with Gasteiger partial charge in [0.05, 0.1) is 0 Å². The summed E-state index contributed by atoms with van der Waals surface area (Å²) in [4.78, 5) is 36.3. The van der Waals surface area contributed by atoms with E-state index < -0.39 is 11.8 Å². The minimum atomic E-state index is -0.406. The predicted molar refractivity (Wildman–Crippen MR) is 110 cm³/mol. The summed E-state index contributed by atoms with van der Waals surface area (Å²) in [5.74, 6) is -0.895. The van der Waals surface area contributed by atoms with Gasteiger partial charge in [-0.05, 0) is 54.2 Å². The molecule has 0 atom stereocenters. The third-order valence-electron chi connectivity index (χ3n) is 4.74. The Bertz CT molecular complexity index is 878. The van der Waals surface area contributed by atoms with E-state index in [1.54, 1.807) is 18.2 Å². The Hall–Kier alpha value is -2.95. The van der Waals surface area contributed by atoms with Crippen molar-refractivity contribution in [1.29, 1.82) is 0 Å². The van der Waals surface area contributed by atoms with Crippen LogP contribution in [0.3, 0.4) is 0 Å². The average molecular weight is 380 g/mol. The van der Waals surface area contributed by atoms with E-state index in [9.17, 15) is 14.4 Å². The van der Waals surface area contributed by atoms with Crippen LogP contribution in [0.4, 0.5) is 0 Å². The van der Waals surface area contributed by atoms with Crippen LogP contribution in [0, 0.1) is 13.8 Å². The van der Waals surface area contributed by atoms with E-state index in [1.165, 1.54) is 0 Å². The molecule has 0 heterocycles. The zero-order valence-corrected chi connectivity index (χ0v) is 17.2. The molecule has 0 unspecified atom stereocenters. The second-order valence-corrected chi connectivity index (χ2v) is 8.05. The van der Waals surface area contributed by atoms with Gasteiger partial charge in [-0.25, -0.2) is 0 Å². The highest BCUT2D eigenvalue weighted by molar-refractivity contribution is 5.99. The van der Waals surface area contributed by atoms with E-state index in [1.807, 2.05) is 38.1 Å². The number of carbonyl (C=O) groups is 3. The van der Waals surface area contributed by atoms with Crippen molar-refractivity contribution < 1.29 is 14.4 Å². The first-order valence-electron chi connectivity index (χ1n) is 9.38. The number of aryl methyl sites for hydroxylation is 2. The number of hydrogen-bond acceptors (Lipinski definition) is 3. The molecule has 2 amide bonds. The maximum absolute atomic E-state index is 12.2. The van der Waals surface area contributed by atoms with Gasteiger partial charge in [0.2, 0.25) is 5.91 Å². The summed E-state index contributed by atoms with van der Waals surface area (Å²) in [6, 6.07) is 12.8. The Kier molecular flexibility index (Phi) is 6.73. The summed E-state index contributed by atoms with van der Waals surface area (Å²) in [7, 11) is 0. The Morgan fingerprint density at radius 2 is 1.39 bits per heavy atom. The number of nitrogens with one attached hydrogen (secondary N) is 2. The Morgan fingerprint density at radius 1 is 0.786 bits per heavy atom. The molecule has 0 fully saturated rings. The number of rotatable bonds is 5. The molecule has 0 aliphatic rings. The molecule has 2 N–H and O–H groups in total. The first kappa shape index (κ1) is 21.4. The third kappa shape index (κ3) is 5.78. The molecule has 0 spiro atoms. The molecule has 0 aromatic heterocycles. The Balaban J connectivity index is 1.82. The molecule has 0 saturated heterocycles. The average Bonchev–Trinajstić information content (AvgIpc) is 2.65. The third-order valence-corrected chi connectivity index (χ3v) is 4.74. The summed E-state index contributed by atoms with van der Waals surface area (Å²) in [6.07, 6.45) is 0.0967. The molecule has 0 aliphatic heterocycles. The lowest BCUT2D eigenvalue weighted by Crippen LogP contribution is -2.41. The van der Waals surface area contributed by atoms with Crippen molar-refractivity contribution in [2.45, 2.75) is 52.9 Å². The van der Waals surface area contributed by atoms with Gasteiger partial charge in [-0.3, -0.25) is 25.2 Å². The van der Waals surface area contributed by atoms with Gasteiger partial charge < -0.3 is 0 Å². The van der Waals surface area contributed by atoms with Crippen LogP contribution in [-0.2, 0) is 10.2 Å². The number of hydrogen-bond donors (Lipinski definition) is 2. The Labute approximate surface area is 166 Å². The number of ketones is 1. The smallest absolute Gasteiger partial charge is 0.269 e. The van der Waals surface area contributed by atoms with Crippen LogP contribution < -0.4 is 10.9 Å². The van der Waals surface area contributed by atoms with Crippen molar-refractivity contribution in [3.8, 4) is 0 Å². The lowest BCUT2D eigenvalue weighted by molar-refractivity contribution is -0.121. The fourth-order valence-electron chi connectivity index (χ4n) is 2.67. The summed E-state index contributed by atoms with van der Waals surface area (Å²) < 4.78 is 0. The van der Waals surface area contributed by atoms with Crippen molar-refractivity contribution in [3.05, 3.63) is 70.3 Å². The maximum Gasteiger partial charge on any atom is 0.269 e. The Morgan fingerprint density at radius 3 is 1.96 bits per heavy atom. The summed E-state index contributed by atoms with van der Waals surface area (Å²) in [5.41, 5.74) is 9.09. The molecule has 0 bridgehead atoms. The van der Waals surface area contributed by atoms with Gasteiger partial charge in [0.1, 0.15) is 0 Å². The second-order valence-electron chi connectivity index (χ2n) is 8.05. The van der Waals surface area contributed by atoms with Crippen molar-refractivity contribution in [1.82, 2.24) is 10.9 Å². The van der Waals surface area contributed by atoms with Crippen molar-refractivity contribution >= 4 is 17.6 Å². The normalized spacial score (nSPS) is 11.0. The van der Waals surface area contributed by atoms with Crippen LogP contribution in [0.25, 0.3) is 0 Å². The van der Waals surface area contributed by atoms with E-state index >= 15 is 0 Å². The van der Waals surface area contributed by atoms with Crippen molar-refractivity contribution in [3.63, 3.8) is 0 Å². The SMILES string of the molecule is Cc1ccc(C(=O)CCC(=O)NNC(=O)c2ccc(C(C)(C)C)cc2)cc1C. The number of Topliss-reactive ketones (excluding diaryl/α,β-unsaturated/α-hetero) is 1. The number of hydrazine groups is 1. The number of amides is 2. The van der Waals surface area contributed by atoms with Crippen LogP contribution in [0.1, 0.15) is 71.0 Å². The van der Waals surface area contributed by atoms with Gasteiger partial charge in [0, 0.05) is 24.0 Å². The minimum Gasteiger partial charge on any atom is -0.294 e. The standard InChI is InChI=1S/C23H28N2O3/c1-15-6-7-18(14-16(15)2)20(26)12-13-21(27)24-25-22(28)17-8-10-19(11-9-17)23(3,4)5/h6-11,14H,12-13H2,1-5H3,(H,24,27)(H,25,28). The molecular weight excluding hydrogens is 352 g/mol. The summed E-state index contributed by atoms with van der Waals surface area (Å²) in [6.45, 7) is 10.2. The van der Waals surface area contributed by atoms with E-state index in [-0.39, 0.29) is 24.0 Å². The predicted octanol–water partition coefficient (Wildman–Crippen LogP) is 4.03. The molecule has 0 saturated carbocycles. The van der Waals surface area contributed by atoms with Crippen molar-refractivity contribution in [2.75, 3.05) is 0 Å². The van der Waals surface area contributed by atoms with Crippen LogP contribution in [-0.4, -0.2) is 17.6 Å². The fourth-order valence-corrected chi connectivity index (χ4v) is 2.67. The summed E-state index contributed by atoms with van der Waals surface area (Å²) >= 11 is 0.